The number of ketones is 1. The monoisotopic (exact) mass is 492 g/mol. The van der Waals surface area contributed by atoms with Gasteiger partial charge in [0.15, 0.2) is 23.2 Å². The van der Waals surface area contributed by atoms with Crippen molar-refractivity contribution in [2.24, 2.45) is 0 Å². The van der Waals surface area contributed by atoms with E-state index in [0.29, 0.717) is 21.4 Å². The van der Waals surface area contributed by atoms with Crippen molar-refractivity contribution in [2.45, 2.75) is 32.5 Å². The van der Waals surface area contributed by atoms with Crippen LogP contribution in [0.2, 0.25) is 0 Å². The minimum atomic E-state index is -0.602. The summed E-state index contributed by atoms with van der Waals surface area (Å²) >= 11 is 2.09. The minimum Gasteiger partial charge on any atom is -0.483 e. The van der Waals surface area contributed by atoms with Gasteiger partial charge in [0.2, 0.25) is 11.1 Å². The second-order valence-corrected chi connectivity index (χ2v) is 8.62. The number of thiophene rings is 1. The van der Waals surface area contributed by atoms with E-state index >= 15 is 0 Å². The highest BCUT2D eigenvalue weighted by Crippen LogP contribution is 2.34. The summed E-state index contributed by atoms with van der Waals surface area (Å²) in [7, 11) is 0. The van der Waals surface area contributed by atoms with Crippen molar-refractivity contribution in [3.05, 3.63) is 51.9 Å². The van der Waals surface area contributed by atoms with Crippen LogP contribution in [0.15, 0.2) is 29.4 Å². The molecule has 0 saturated heterocycles. The van der Waals surface area contributed by atoms with E-state index in [2.05, 4.69) is 20.5 Å². The van der Waals surface area contributed by atoms with Crippen LogP contribution in [-0.4, -0.2) is 45.2 Å². The van der Waals surface area contributed by atoms with E-state index < -0.39 is 17.7 Å². The first kappa shape index (κ1) is 24.4. The van der Waals surface area contributed by atoms with Gasteiger partial charge >= 0.3 is 5.97 Å². The molecule has 33 heavy (non-hydrogen) atoms. The van der Waals surface area contributed by atoms with E-state index in [0.717, 1.165) is 23.1 Å². The number of carbonyl (C=O) groups excluding carboxylic acids is 3. The maximum absolute atomic E-state index is 13.6. The van der Waals surface area contributed by atoms with Gasteiger partial charge in [0.25, 0.3) is 0 Å². The maximum atomic E-state index is 13.6. The number of Topliss-reactive ketones (excluding diaryl/α,β-unsaturated/α-hetero) is 1. The lowest BCUT2D eigenvalue weighted by molar-refractivity contribution is -0.113. The van der Waals surface area contributed by atoms with Crippen LogP contribution in [0.3, 0.4) is 0 Å². The molecule has 3 rings (SSSR count). The first-order valence-electron chi connectivity index (χ1n) is 9.82. The summed E-state index contributed by atoms with van der Waals surface area (Å²) in [6.07, 6.45) is 0. The molecule has 174 valence electrons. The number of para-hydroxylation sites is 1. The van der Waals surface area contributed by atoms with Crippen LogP contribution >= 0.6 is 23.1 Å². The van der Waals surface area contributed by atoms with Crippen LogP contribution in [0, 0.1) is 12.7 Å². The normalized spacial score (nSPS) is 10.7. The Hall–Kier alpha value is -3.25. The second-order valence-electron chi connectivity index (χ2n) is 6.66. The molecule has 12 heteroatoms. The molecular formula is C21H21FN4O5S2. The predicted molar refractivity (Wildman–Crippen MR) is 121 cm³/mol. The molecule has 0 atom stereocenters. The minimum absolute atomic E-state index is 0.0219. The number of rotatable bonds is 10. The molecule has 0 bridgehead atoms. The number of hydrogen-bond donors (Lipinski definition) is 2. The van der Waals surface area contributed by atoms with Gasteiger partial charge in [0, 0.05) is 0 Å². The van der Waals surface area contributed by atoms with Crippen LogP contribution in [-0.2, 0) is 16.1 Å². The number of amides is 1. The number of carbonyl (C=O) groups is 3. The van der Waals surface area contributed by atoms with Crippen LogP contribution in [0.25, 0.3) is 0 Å². The molecule has 1 aromatic carbocycles. The number of hydrogen-bond acceptors (Lipinski definition) is 9. The van der Waals surface area contributed by atoms with Gasteiger partial charge in [-0.15, -0.1) is 16.4 Å². The molecule has 9 nitrogen and oxygen atoms in total. The smallest absolute Gasteiger partial charge is 0.341 e. The molecule has 0 fully saturated rings. The number of aromatic amines is 1. The Bertz CT molecular complexity index is 1180. The zero-order chi connectivity index (χ0) is 24.0. The fourth-order valence-corrected chi connectivity index (χ4v) is 4.52. The largest absolute Gasteiger partial charge is 0.483 e. The number of benzene rings is 1. The zero-order valence-electron chi connectivity index (χ0n) is 18.1. The second kappa shape index (κ2) is 11.1. The van der Waals surface area contributed by atoms with Crippen molar-refractivity contribution in [2.75, 3.05) is 17.7 Å². The van der Waals surface area contributed by atoms with E-state index in [1.807, 2.05) is 0 Å². The first-order valence-corrected chi connectivity index (χ1v) is 11.6. The number of ether oxygens (including phenoxy) is 2. The summed E-state index contributed by atoms with van der Waals surface area (Å²) in [6.45, 7) is 4.85. The third-order valence-corrected chi connectivity index (χ3v) is 6.40. The molecule has 0 saturated carbocycles. The van der Waals surface area contributed by atoms with Crippen molar-refractivity contribution in [3.63, 3.8) is 0 Å². The third kappa shape index (κ3) is 6.17. The van der Waals surface area contributed by atoms with Gasteiger partial charge in [0.1, 0.15) is 11.6 Å². The van der Waals surface area contributed by atoms with Crippen LogP contribution in [0.4, 0.5) is 9.39 Å². The summed E-state index contributed by atoms with van der Waals surface area (Å²) in [5, 5.41) is 9.90. The van der Waals surface area contributed by atoms with Crippen molar-refractivity contribution >= 4 is 45.8 Å². The average Bonchev–Trinajstić information content (AvgIpc) is 3.36. The molecule has 0 aliphatic carbocycles. The number of nitrogens with one attached hydrogen (secondary N) is 2. The van der Waals surface area contributed by atoms with Crippen molar-refractivity contribution in [3.8, 4) is 5.75 Å². The number of thioether (sulfide) groups is 1. The summed E-state index contributed by atoms with van der Waals surface area (Å²) in [4.78, 5) is 41.2. The summed E-state index contributed by atoms with van der Waals surface area (Å²) in [5.74, 6) is -1.28. The Labute approximate surface area is 197 Å². The van der Waals surface area contributed by atoms with Gasteiger partial charge in [-0.3, -0.25) is 14.7 Å². The van der Waals surface area contributed by atoms with E-state index in [9.17, 15) is 18.8 Å². The quantitative estimate of drug-likeness (QED) is 0.247. The van der Waals surface area contributed by atoms with E-state index in [1.54, 1.807) is 26.0 Å². The van der Waals surface area contributed by atoms with Gasteiger partial charge in [0.05, 0.1) is 22.8 Å². The Morgan fingerprint density at radius 1 is 1.27 bits per heavy atom. The standard InChI is InChI=1S/C21H21FN4O5S2/c1-4-30-20(29)17-11(2)18(12(3)27)33-19(17)24-16(28)10-32-21-23-15(25-26-21)9-31-14-8-6-5-7-13(14)22/h5-8H,4,9-10H2,1-3H3,(H,24,28)(H,23,25,26). The van der Waals surface area contributed by atoms with Crippen molar-refractivity contribution in [1.82, 2.24) is 15.2 Å². The van der Waals surface area contributed by atoms with Gasteiger partial charge in [-0.2, -0.15) is 0 Å². The Kier molecular flexibility index (Phi) is 8.17. The number of halogens is 1. The highest BCUT2D eigenvalue weighted by molar-refractivity contribution is 7.99. The predicted octanol–water partition coefficient (Wildman–Crippen LogP) is 4.00. The highest BCUT2D eigenvalue weighted by Gasteiger charge is 2.25. The summed E-state index contributed by atoms with van der Waals surface area (Å²) < 4.78 is 24.0. The van der Waals surface area contributed by atoms with Gasteiger partial charge in [-0.1, -0.05) is 23.9 Å². The van der Waals surface area contributed by atoms with Crippen LogP contribution in [0.1, 0.15) is 45.3 Å². The third-order valence-electron chi connectivity index (χ3n) is 4.24. The maximum Gasteiger partial charge on any atom is 0.341 e. The molecule has 0 aliphatic heterocycles. The molecule has 2 aromatic heterocycles. The fraction of sp³-hybridized carbons (Fsp3) is 0.286. The van der Waals surface area contributed by atoms with Gasteiger partial charge < -0.3 is 14.8 Å². The lowest BCUT2D eigenvalue weighted by Crippen LogP contribution is -2.16. The molecule has 0 aliphatic rings. The fourth-order valence-electron chi connectivity index (χ4n) is 2.79. The van der Waals surface area contributed by atoms with Gasteiger partial charge in [-0.05, 0) is 38.5 Å². The molecule has 3 aromatic rings. The van der Waals surface area contributed by atoms with Crippen molar-refractivity contribution < 1.29 is 28.2 Å². The highest BCUT2D eigenvalue weighted by atomic mass is 32.2. The number of anilines is 1. The Morgan fingerprint density at radius 3 is 2.73 bits per heavy atom. The summed E-state index contributed by atoms with van der Waals surface area (Å²) in [5.41, 5.74) is 0.651. The zero-order valence-corrected chi connectivity index (χ0v) is 19.7. The number of nitrogens with zero attached hydrogens (tertiary/aromatic N) is 2. The molecule has 0 spiro atoms. The molecule has 2 heterocycles. The molecule has 0 radical (unpaired) electrons. The summed E-state index contributed by atoms with van der Waals surface area (Å²) in [6, 6.07) is 6.00. The number of H-pyrrole nitrogens is 1. The number of esters is 1. The molecule has 1 amide bonds. The van der Waals surface area contributed by atoms with Crippen LogP contribution in [0.5, 0.6) is 5.75 Å². The first-order chi connectivity index (χ1) is 15.8. The Morgan fingerprint density at radius 2 is 2.03 bits per heavy atom. The van der Waals surface area contributed by atoms with E-state index in [-0.39, 0.29) is 41.1 Å². The van der Waals surface area contributed by atoms with Crippen LogP contribution < -0.4 is 10.1 Å². The average molecular weight is 493 g/mol. The topological polar surface area (TPSA) is 123 Å². The number of aromatic nitrogens is 3. The van der Waals surface area contributed by atoms with Gasteiger partial charge in [-0.25, -0.2) is 14.2 Å². The lowest BCUT2D eigenvalue weighted by Gasteiger charge is -2.06. The lowest BCUT2D eigenvalue weighted by atomic mass is 10.1. The molecule has 0 unspecified atom stereocenters. The Balaban J connectivity index is 1.60. The van der Waals surface area contributed by atoms with E-state index in [1.165, 1.54) is 19.1 Å². The van der Waals surface area contributed by atoms with Crippen molar-refractivity contribution in [1.29, 1.82) is 0 Å². The SMILES string of the molecule is CCOC(=O)c1c(NC(=O)CSc2n[nH]c(COc3ccccc3F)n2)sc(C(C)=O)c1C. The molecule has 2 N–H and O–H groups in total. The van der Waals surface area contributed by atoms with E-state index in [4.69, 9.17) is 9.47 Å². The molecular weight excluding hydrogens is 471 g/mol.